The topological polar surface area (TPSA) is 21.3 Å². The van der Waals surface area contributed by atoms with Crippen molar-refractivity contribution in [2.24, 2.45) is 5.92 Å². The van der Waals surface area contributed by atoms with Crippen molar-refractivity contribution in [1.29, 1.82) is 0 Å². The van der Waals surface area contributed by atoms with Crippen LogP contribution >= 0.6 is 11.6 Å². The maximum Gasteiger partial charge on any atom is 0.0484 e. The van der Waals surface area contributed by atoms with Gasteiger partial charge in [-0.3, -0.25) is 0 Å². The average Bonchev–Trinajstić information content (AvgIpc) is 2.33. The van der Waals surface area contributed by atoms with Crippen LogP contribution in [0.4, 0.5) is 0 Å². The van der Waals surface area contributed by atoms with Gasteiger partial charge in [0.1, 0.15) is 0 Å². The molecule has 0 bridgehead atoms. The number of benzene rings is 1. The molecule has 0 aliphatic heterocycles. The van der Waals surface area contributed by atoms with Gasteiger partial charge in [0.05, 0.1) is 0 Å². The lowest BCUT2D eigenvalue weighted by Gasteiger charge is -2.17. The molecule has 102 valence electrons. The normalized spacial score (nSPS) is 12.9. The first-order valence-corrected chi connectivity index (χ1v) is 7.01. The molecule has 0 spiro atoms. The van der Waals surface area contributed by atoms with Crippen LogP contribution < -0.4 is 5.32 Å². The summed E-state index contributed by atoms with van der Waals surface area (Å²) in [5.41, 5.74) is 1.22. The molecule has 1 aromatic rings. The highest BCUT2D eigenvalue weighted by Crippen LogP contribution is 2.20. The lowest BCUT2D eigenvalue weighted by atomic mass is 10.0. The molecule has 0 amide bonds. The van der Waals surface area contributed by atoms with Gasteiger partial charge in [-0.15, -0.1) is 0 Å². The Morgan fingerprint density at radius 1 is 1.22 bits per heavy atom. The summed E-state index contributed by atoms with van der Waals surface area (Å²) in [7, 11) is 1.97. The molecule has 0 saturated carbocycles. The van der Waals surface area contributed by atoms with Crippen LogP contribution in [0.1, 0.15) is 38.3 Å². The van der Waals surface area contributed by atoms with Crippen molar-refractivity contribution >= 4 is 11.6 Å². The van der Waals surface area contributed by atoms with E-state index in [1.807, 2.05) is 25.2 Å². The summed E-state index contributed by atoms with van der Waals surface area (Å²) in [4.78, 5) is 0. The van der Waals surface area contributed by atoms with E-state index in [1.54, 1.807) is 0 Å². The monoisotopic (exact) mass is 269 g/mol. The number of hydrogen-bond donors (Lipinski definition) is 1. The van der Waals surface area contributed by atoms with E-state index in [1.165, 1.54) is 5.56 Å². The Morgan fingerprint density at radius 3 is 2.56 bits per heavy atom. The Kier molecular flexibility index (Phi) is 7.33. The number of halogens is 1. The quantitative estimate of drug-likeness (QED) is 0.719. The summed E-state index contributed by atoms with van der Waals surface area (Å²) in [5.74, 6) is 0.707. The fourth-order valence-corrected chi connectivity index (χ4v) is 2.02. The molecule has 1 atom stereocenters. The maximum absolute atomic E-state index is 6.01. The van der Waals surface area contributed by atoms with E-state index in [-0.39, 0.29) is 0 Å². The van der Waals surface area contributed by atoms with Crippen LogP contribution in [0.15, 0.2) is 24.3 Å². The maximum atomic E-state index is 6.01. The summed E-state index contributed by atoms with van der Waals surface area (Å²) in [5, 5.41) is 4.09. The minimum atomic E-state index is 0.308. The third kappa shape index (κ3) is 5.85. The first kappa shape index (κ1) is 15.5. The zero-order valence-corrected chi connectivity index (χ0v) is 12.3. The van der Waals surface area contributed by atoms with Gasteiger partial charge in [-0.25, -0.2) is 0 Å². The van der Waals surface area contributed by atoms with E-state index >= 15 is 0 Å². The standard InChI is InChI=1S/C15H24ClNO/c1-12(2)7-9-18-10-8-15(17-3)13-5-4-6-14(16)11-13/h4-6,11-12,15,17H,7-10H2,1-3H3. The van der Waals surface area contributed by atoms with Crippen LogP contribution in [0.3, 0.4) is 0 Å². The third-order valence-electron chi connectivity index (χ3n) is 2.99. The Morgan fingerprint density at radius 2 is 1.94 bits per heavy atom. The van der Waals surface area contributed by atoms with Crippen molar-refractivity contribution < 1.29 is 4.74 Å². The lowest BCUT2D eigenvalue weighted by Crippen LogP contribution is -2.18. The van der Waals surface area contributed by atoms with E-state index in [0.29, 0.717) is 12.0 Å². The number of rotatable bonds is 8. The van der Waals surface area contributed by atoms with E-state index in [4.69, 9.17) is 16.3 Å². The van der Waals surface area contributed by atoms with Gasteiger partial charge >= 0.3 is 0 Å². The minimum Gasteiger partial charge on any atom is -0.381 e. The van der Waals surface area contributed by atoms with Crippen molar-refractivity contribution in [3.63, 3.8) is 0 Å². The van der Waals surface area contributed by atoms with Gasteiger partial charge in [0.15, 0.2) is 0 Å². The molecular formula is C15H24ClNO. The molecule has 0 aliphatic carbocycles. The molecule has 3 heteroatoms. The SMILES string of the molecule is CNC(CCOCCC(C)C)c1cccc(Cl)c1. The van der Waals surface area contributed by atoms with Crippen LogP contribution in [-0.2, 0) is 4.74 Å². The molecule has 1 aromatic carbocycles. The molecule has 18 heavy (non-hydrogen) atoms. The van der Waals surface area contributed by atoms with Crippen molar-refractivity contribution in [1.82, 2.24) is 5.32 Å². The van der Waals surface area contributed by atoms with Crippen LogP contribution in [0.2, 0.25) is 5.02 Å². The highest BCUT2D eigenvalue weighted by atomic mass is 35.5. The first-order chi connectivity index (χ1) is 8.63. The molecule has 1 rings (SSSR count). The predicted octanol–water partition coefficient (Wildman–Crippen LogP) is 4.05. The first-order valence-electron chi connectivity index (χ1n) is 6.64. The van der Waals surface area contributed by atoms with Gasteiger partial charge in [0, 0.05) is 24.3 Å². The minimum absolute atomic E-state index is 0.308. The summed E-state index contributed by atoms with van der Waals surface area (Å²) in [6.45, 7) is 6.06. The number of hydrogen-bond acceptors (Lipinski definition) is 2. The lowest BCUT2D eigenvalue weighted by molar-refractivity contribution is 0.115. The molecular weight excluding hydrogens is 246 g/mol. The smallest absolute Gasteiger partial charge is 0.0484 e. The third-order valence-corrected chi connectivity index (χ3v) is 3.23. The van der Waals surface area contributed by atoms with E-state index in [0.717, 1.165) is 31.1 Å². The van der Waals surface area contributed by atoms with E-state index in [2.05, 4.69) is 25.2 Å². The summed E-state index contributed by atoms with van der Waals surface area (Å²) >= 11 is 6.01. The zero-order valence-electron chi connectivity index (χ0n) is 11.6. The molecule has 2 nitrogen and oxygen atoms in total. The molecule has 0 heterocycles. The average molecular weight is 270 g/mol. The Hall–Kier alpha value is -0.570. The largest absolute Gasteiger partial charge is 0.381 e. The molecule has 1 unspecified atom stereocenters. The summed E-state index contributed by atoms with van der Waals surface area (Å²) < 4.78 is 5.66. The summed E-state index contributed by atoms with van der Waals surface area (Å²) in [6, 6.07) is 8.30. The van der Waals surface area contributed by atoms with Crippen LogP contribution in [0, 0.1) is 5.92 Å². The molecule has 0 aliphatic rings. The predicted molar refractivity (Wildman–Crippen MR) is 78.1 cm³/mol. The number of nitrogens with one attached hydrogen (secondary N) is 1. The highest BCUT2D eigenvalue weighted by Gasteiger charge is 2.09. The summed E-state index contributed by atoms with van der Waals surface area (Å²) in [6.07, 6.45) is 2.09. The van der Waals surface area contributed by atoms with Gasteiger partial charge in [0.25, 0.3) is 0 Å². The molecule has 1 N–H and O–H groups in total. The second kappa shape index (κ2) is 8.52. The van der Waals surface area contributed by atoms with Gasteiger partial charge in [-0.2, -0.15) is 0 Å². The molecule has 0 aromatic heterocycles. The van der Waals surface area contributed by atoms with Crippen molar-refractivity contribution in [3.05, 3.63) is 34.9 Å². The number of ether oxygens (including phenoxy) is 1. The molecule has 0 fully saturated rings. The second-order valence-electron chi connectivity index (χ2n) is 4.98. The Bertz CT molecular complexity index is 341. The van der Waals surface area contributed by atoms with Gasteiger partial charge in [-0.1, -0.05) is 37.6 Å². The molecule has 0 saturated heterocycles. The van der Waals surface area contributed by atoms with Crippen molar-refractivity contribution in [2.75, 3.05) is 20.3 Å². The van der Waals surface area contributed by atoms with Gasteiger partial charge in [-0.05, 0) is 43.5 Å². The van der Waals surface area contributed by atoms with Crippen molar-refractivity contribution in [3.8, 4) is 0 Å². The highest BCUT2D eigenvalue weighted by molar-refractivity contribution is 6.30. The Balaban J connectivity index is 2.34. The Labute approximate surface area is 116 Å². The zero-order chi connectivity index (χ0) is 13.4. The fourth-order valence-electron chi connectivity index (χ4n) is 1.82. The van der Waals surface area contributed by atoms with Gasteiger partial charge < -0.3 is 10.1 Å². The van der Waals surface area contributed by atoms with Crippen LogP contribution in [-0.4, -0.2) is 20.3 Å². The van der Waals surface area contributed by atoms with Crippen molar-refractivity contribution in [2.45, 2.75) is 32.7 Å². The molecule has 0 radical (unpaired) electrons. The fraction of sp³-hybridized carbons (Fsp3) is 0.600. The van der Waals surface area contributed by atoms with E-state index in [9.17, 15) is 0 Å². The van der Waals surface area contributed by atoms with E-state index < -0.39 is 0 Å². The second-order valence-corrected chi connectivity index (χ2v) is 5.42. The van der Waals surface area contributed by atoms with Crippen LogP contribution in [0.25, 0.3) is 0 Å². The van der Waals surface area contributed by atoms with Crippen LogP contribution in [0.5, 0.6) is 0 Å². The van der Waals surface area contributed by atoms with Gasteiger partial charge in [0.2, 0.25) is 0 Å².